The number of aromatic nitrogens is 1. The van der Waals surface area contributed by atoms with E-state index in [1.54, 1.807) is 53.6 Å². The lowest BCUT2D eigenvalue weighted by Crippen LogP contribution is -2.30. The third kappa shape index (κ3) is 3.99. The summed E-state index contributed by atoms with van der Waals surface area (Å²) in [4.78, 5) is 27.7. The van der Waals surface area contributed by atoms with Crippen LogP contribution in [0.15, 0.2) is 77.5 Å². The maximum Gasteiger partial charge on any atom is 0.260 e. The van der Waals surface area contributed by atoms with E-state index in [4.69, 9.17) is 20.8 Å². The SMILES string of the molecule is COc1cc(Cl)ccc1C(=O)Nc1ccc(C(=O)N2Cc3cccn3Cc3ccoc32)cc1. The van der Waals surface area contributed by atoms with Gasteiger partial charge in [0, 0.05) is 33.7 Å². The number of fused-ring (bicyclic) bond motifs is 2. The van der Waals surface area contributed by atoms with Gasteiger partial charge in [-0.05, 0) is 60.7 Å². The van der Waals surface area contributed by atoms with E-state index in [0.717, 1.165) is 11.3 Å². The van der Waals surface area contributed by atoms with Gasteiger partial charge in [0.05, 0.1) is 32.0 Å². The van der Waals surface area contributed by atoms with Crippen LogP contribution in [0.2, 0.25) is 5.02 Å². The Hall–Kier alpha value is -3.97. The second-order valence-electron chi connectivity index (χ2n) is 7.65. The lowest BCUT2D eigenvalue weighted by atomic mass is 10.1. The number of furan rings is 1. The van der Waals surface area contributed by atoms with Gasteiger partial charge in [-0.25, -0.2) is 0 Å². The molecular weight excluding hydrogens is 442 g/mol. The van der Waals surface area contributed by atoms with Crippen molar-refractivity contribution in [1.29, 1.82) is 0 Å². The normalized spacial score (nSPS) is 12.5. The summed E-state index contributed by atoms with van der Waals surface area (Å²) in [5, 5.41) is 3.30. The molecule has 2 aromatic heterocycles. The van der Waals surface area contributed by atoms with E-state index in [2.05, 4.69) is 9.88 Å². The Morgan fingerprint density at radius 1 is 1.06 bits per heavy atom. The number of anilines is 2. The largest absolute Gasteiger partial charge is 0.496 e. The smallest absolute Gasteiger partial charge is 0.260 e. The number of hydrogen-bond donors (Lipinski definition) is 1. The number of methoxy groups -OCH3 is 1. The maximum atomic E-state index is 13.4. The molecule has 1 N–H and O–H groups in total. The standard InChI is InChI=1S/C25H20ClN3O4/c1-32-22-13-18(26)6-9-21(22)23(30)27-19-7-4-16(5-8-19)24(31)29-15-20-3-2-11-28(20)14-17-10-12-33-25(17)29/h2-13H,14-15H2,1H3,(H,27,30). The highest BCUT2D eigenvalue weighted by atomic mass is 35.5. The van der Waals surface area contributed by atoms with Gasteiger partial charge in [0.2, 0.25) is 5.88 Å². The number of halogens is 1. The Labute approximate surface area is 195 Å². The van der Waals surface area contributed by atoms with E-state index in [1.807, 2.05) is 24.4 Å². The van der Waals surface area contributed by atoms with Gasteiger partial charge >= 0.3 is 0 Å². The number of rotatable bonds is 4. The second-order valence-corrected chi connectivity index (χ2v) is 8.08. The molecule has 7 nitrogen and oxygen atoms in total. The van der Waals surface area contributed by atoms with Gasteiger partial charge in [0.15, 0.2) is 0 Å². The van der Waals surface area contributed by atoms with Crippen molar-refractivity contribution in [2.24, 2.45) is 0 Å². The molecule has 166 valence electrons. The Morgan fingerprint density at radius 3 is 2.67 bits per heavy atom. The predicted octanol–water partition coefficient (Wildman–Crippen LogP) is 5.20. The maximum absolute atomic E-state index is 13.4. The number of hydrogen-bond acceptors (Lipinski definition) is 4. The molecular formula is C25H20ClN3O4. The van der Waals surface area contributed by atoms with Gasteiger partial charge in [-0.15, -0.1) is 0 Å². The predicted molar refractivity (Wildman–Crippen MR) is 125 cm³/mol. The van der Waals surface area contributed by atoms with E-state index in [1.165, 1.54) is 7.11 Å². The number of carbonyl (C=O) groups excluding carboxylic acids is 2. The highest BCUT2D eigenvalue weighted by Gasteiger charge is 2.27. The molecule has 1 aliphatic rings. The summed E-state index contributed by atoms with van der Waals surface area (Å²) in [6.45, 7) is 1.05. The van der Waals surface area contributed by atoms with E-state index in [-0.39, 0.29) is 11.8 Å². The van der Waals surface area contributed by atoms with Crippen LogP contribution < -0.4 is 15.0 Å². The topological polar surface area (TPSA) is 76.7 Å². The lowest BCUT2D eigenvalue weighted by Gasteiger charge is -2.19. The first kappa shape index (κ1) is 20.9. The minimum Gasteiger partial charge on any atom is -0.496 e. The lowest BCUT2D eigenvalue weighted by molar-refractivity contribution is 0.0979. The quantitative estimate of drug-likeness (QED) is 0.453. The van der Waals surface area contributed by atoms with E-state index < -0.39 is 0 Å². The third-order valence-corrected chi connectivity index (χ3v) is 5.83. The van der Waals surface area contributed by atoms with Gasteiger partial charge in [0.1, 0.15) is 5.75 Å². The third-order valence-electron chi connectivity index (χ3n) is 5.60. The fourth-order valence-corrected chi connectivity index (χ4v) is 4.08. The molecule has 0 bridgehead atoms. The summed E-state index contributed by atoms with van der Waals surface area (Å²) in [6.07, 6.45) is 3.59. The highest BCUT2D eigenvalue weighted by molar-refractivity contribution is 6.31. The van der Waals surface area contributed by atoms with Crippen LogP contribution in [0.1, 0.15) is 32.0 Å². The zero-order chi connectivity index (χ0) is 22.9. The molecule has 1 aliphatic heterocycles. The Morgan fingerprint density at radius 2 is 1.88 bits per heavy atom. The molecule has 0 atom stereocenters. The molecule has 0 saturated carbocycles. The van der Waals surface area contributed by atoms with Crippen LogP contribution in [0.3, 0.4) is 0 Å². The zero-order valence-electron chi connectivity index (χ0n) is 17.7. The molecule has 0 radical (unpaired) electrons. The molecule has 33 heavy (non-hydrogen) atoms. The molecule has 5 rings (SSSR count). The van der Waals surface area contributed by atoms with Crippen molar-refractivity contribution in [1.82, 2.24) is 4.57 Å². The van der Waals surface area contributed by atoms with Crippen LogP contribution in [-0.2, 0) is 13.1 Å². The Bertz CT molecular complexity index is 1340. The van der Waals surface area contributed by atoms with E-state index in [9.17, 15) is 9.59 Å². The molecule has 0 spiro atoms. The number of benzene rings is 2. The zero-order valence-corrected chi connectivity index (χ0v) is 18.5. The van der Waals surface area contributed by atoms with Crippen LogP contribution in [0.5, 0.6) is 5.75 Å². The van der Waals surface area contributed by atoms with Crippen molar-refractivity contribution in [3.8, 4) is 5.75 Å². The summed E-state index contributed by atoms with van der Waals surface area (Å²) in [7, 11) is 1.48. The number of carbonyl (C=O) groups is 2. The Kier molecular flexibility index (Phi) is 5.40. The second kappa shape index (κ2) is 8.52. The molecule has 4 aromatic rings. The molecule has 3 heterocycles. The molecule has 2 amide bonds. The summed E-state index contributed by atoms with van der Waals surface area (Å²) in [5.41, 5.74) is 3.37. The molecule has 0 saturated heterocycles. The first-order chi connectivity index (χ1) is 16.0. The van der Waals surface area contributed by atoms with Crippen molar-refractivity contribution >= 4 is 35.0 Å². The number of nitrogens with one attached hydrogen (secondary N) is 1. The van der Waals surface area contributed by atoms with Gasteiger partial charge in [0.25, 0.3) is 11.8 Å². The van der Waals surface area contributed by atoms with Crippen LogP contribution >= 0.6 is 11.6 Å². The van der Waals surface area contributed by atoms with Crippen molar-refractivity contribution in [3.05, 3.63) is 101 Å². The molecule has 0 fully saturated rings. The van der Waals surface area contributed by atoms with Crippen LogP contribution in [-0.4, -0.2) is 23.5 Å². The first-order valence-corrected chi connectivity index (χ1v) is 10.7. The fourth-order valence-electron chi connectivity index (χ4n) is 3.92. The number of amides is 2. The Balaban J connectivity index is 1.36. The van der Waals surface area contributed by atoms with E-state index >= 15 is 0 Å². The molecule has 0 unspecified atom stereocenters. The van der Waals surface area contributed by atoms with Crippen molar-refractivity contribution in [2.75, 3.05) is 17.3 Å². The van der Waals surface area contributed by atoms with Crippen molar-refractivity contribution in [3.63, 3.8) is 0 Å². The molecule has 8 heteroatoms. The minimum atomic E-state index is -0.337. The van der Waals surface area contributed by atoms with Gasteiger partial charge < -0.3 is 19.0 Å². The van der Waals surface area contributed by atoms with Gasteiger partial charge in [-0.2, -0.15) is 0 Å². The van der Waals surface area contributed by atoms with Gasteiger partial charge in [-0.1, -0.05) is 11.6 Å². The van der Waals surface area contributed by atoms with Crippen molar-refractivity contribution < 1.29 is 18.7 Å². The summed E-state index contributed by atoms with van der Waals surface area (Å²) >= 11 is 5.97. The van der Waals surface area contributed by atoms with Crippen molar-refractivity contribution in [2.45, 2.75) is 13.1 Å². The number of nitrogens with zero attached hydrogens (tertiary/aromatic N) is 2. The molecule has 0 aliphatic carbocycles. The fraction of sp³-hybridized carbons (Fsp3) is 0.120. The summed E-state index contributed by atoms with van der Waals surface area (Å²) in [5.74, 6) is 0.414. The number of ether oxygens (including phenoxy) is 1. The highest BCUT2D eigenvalue weighted by Crippen LogP contribution is 2.30. The van der Waals surface area contributed by atoms with Gasteiger partial charge in [-0.3, -0.25) is 14.5 Å². The average molecular weight is 462 g/mol. The monoisotopic (exact) mass is 461 g/mol. The van der Waals surface area contributed by atoms with Crippen LogP contribution in [0, 0.1) is 0 Å². The van der Waals surface area contributed by atoms with Crippen LogP contribution in [0.4, 0.5) is 11.6 Å². The van der Waals surface area contributed by atoms with E-state index in [0.29, 0.717) is 46.6 Å². The average Bonchev–Trinajstić information content (AvgIpc) is 3.44. The minimum absolute atomic E-state index is 0.182. The molecule has 2 aromatic carbocycles. The van der Waals surface area contributed by atoms with Crippen LogP contribution in [0.25, 0.3) is 0 Å². The first-order valence-electron chi connectivity index (χ1n) is 10.3. The summed E-state index contributed by atoms with van der Waals surface area (Å²) in [6, 6.07) is 17.4. The summed E-state index contributed by atoms with van der Waals surface area (Å²) < 4.78 is 13.0.